The molecule has 0 spiro atoms. The van der Waals surface area contributed by atoms with Crippen LogP contribution < -0.4 is 10.6 Å². The molecular formula is C15H24N2O2. The van der Waals surface area contributed by atoms with Gasteiger partial charge in [0.1, 0.15) is 0 Å². The lowest BCUT2D eigenvalue weighted by Gasteiger charge is -2.21. The van der Waals surface area contributed by atoms with Gasteiger partial charge in [0, 0.05) is 23.9 Å². The standard InChI is InChI=1S/C15H24N2O2/c1-5-10(3)16-14(18)12-8-7-9-13(12)15(19)17-11(4)6-2/h5-6,10-13H,1-2,7-9H2,3-4H3,(H,16,18)(H,17,19)/t10-,11-,12-,13+/m0/s1. The molecule has 1 rings (SSSR count). The first-order valence-electron chi connectivity index (χ1n) is 6.85. The van der Waals surface area contributed by atoms with Gasteiger partial charge in [-0.1, -0.05) is 18.6 Å². The third-order valence-corrected chi connectivity index (χ3v) is 3.64. The molecular weight excluding hydrogens is 240 g/mol. The van der Waals surface area contributed by atoms with E-state index in [1.54, 1.807) is 12.2 Å². The molecule has 19 heavy (non-hydrogen) atoms. The summed E-state index contributed by atoms with van der Waals surface area (Å²) in [6.45, 7) is 11.0. The van der Waals surface area contributed by atoms with E-state index in [9.17, 15) is 9.59 Å². The van der Waals surface area contributed by atoms with E-state index in [1.165, 1.54) is 0 Å². The molecule has 0 unspecified atom stereocenters. The van der Waals surface area contributed by atoms with Crippen molar-refractivity contribution in [3.8, 4) is 0 Å². The molecule has 0 saturated heterocycles. The molecule has 0 aromatic carbocycles. The van der Waals surface area contributed by atoms with Crippen molar-refractivity contribution < 1.29 is 9.59 Å². The summed E-state index contributed by atoms with van der Waals surface area (Å²) in [5.74, 6) is -0.536. The number of hydrogen-bond donors (Lipinski definition) is 2. The summed E-state index contributed by atoms with van der Waals surface area (Å²) in [5, 5.41) is 5.73. The molecule has 0 bridgehead atoms. The second-order valence-electron chi connectivity index (χ2n) is 5.21. The zero-order valence-electron chi connectivity index (χ0n) is 11.8. The number of carbonyl (C=O) groups excluding carboxylic acids is 2. The van der Waals surface area contributed by atoms with Gasteiger partial charge in [0.25, 0.3) is 0 Å². The van der Waals surface area contributed by atoms with E-state index in [0.717, 1.165) is 19.3 Å². The molecule has 4 nitrogen and oxygen atoms in total. The molecule has 0 heterocycles. The van der Waals surface area contributed by atoms with Gasteiger partial charge >= 0.3 is 0 Å². The summed E-state index contributed by atoms with van der Waals surface area (Å²) in [5.41, 5.74) is 0. The van der Waals surface area contributed by atoms with Crippen molar-refractivity contribution >= 4 is 11.8 Å². The van der Waals surface area contributed by atoms with Crippen LogP contribution in [0.3, 0.4) is 0 Å². The summed E-state index contributed by atoms with van der Waals surface area (Å²) >= 11 is 0. The minimum atomic E-state index is -0.223. The number of rotatable bonds is 6. The summed E-state index contributed by atoms with van der Waals surface area (Å²) < 4.78 is 0. The maximum atomic E-state index is 12.1. The van der Waals surface area contributed by atoms with Crippen LogP contribution in [0.25, 0.3) is 0 Å². The molecule has 0 radical (unpaired) electrons. The second kappa shape index (κ2) is 7.12. The molecule has 1 aliphatic rings. The normalized spacial score (nSPS) is 25.2. The van der Waals surface area contributed by atoms with Crippen molar-refractivity contribution in [3.63, 3.8) is 0 Å². The molecule has 0 aliphatic heterocycles. The van der Waals surface area contributed by atoms with Gasteiger partial charge in [-0.05, 0) is 26.7 Å². The van der Waals surface area contributed by atoms with Crippen LogP contribution in [0.2, 0.25) is 0 Å². The first-order valence-corrected chi connectivity index (χ1v) is 6.85. The van der Waals surface area contributed by atoms with Crippen LogP contribution in [0, 0.1) is 11.8 Å². The van der Waals surface area contributed by atoms with E-state index in [1.807, 2.05) is 13.8 Å². The fourth-order valence-electron chi connectivity index (χ4n) is 2.37. The molecule has 4 atom stereocenters. The Morgan fingerprint density at radius 3 is 1.68 bits per heavy atom. The first kappa shape index (κ1) is 15.5. The number of hydrogen-bond acceptors (Lipinski definition) is 2. The van der Waals surface area contributed by atoms with Crippen LogP contribution in [-0.2, 0) is 9.59 Å². The predicted molar refractivity (Wildman–Crippen MR) is 76.4 cm³/mol. The van der Waals surface area contributed by atoms with Gasteiger partial charge in [-0.15, -0.1) is 13.2 Å². The minimum absolute atomic E-state index is 0.0451. The Kier molecular flexibility index (Phi) is 5.80. The summed E-state index contributed by atoms with van der Waals surface area (Å²) in [6, 6.07) is -0.132. The molecule has 1 aliphatic carbocycles. The number of carbonyl (C=O) groups is 2. The van der Waals surface area contributed by atoms with Gasteiger partial charge in [0.05, 0.1) is 0 Å². The average Bonchev–Trinajstić information content (AvgIpc) is 2.87. The molecule has 1 fully saturated rings. The molecule has 4 heteroatoms. The Balaban J connectivity index is 2.62. The monoisotopic (exact) mass is 264 g/mol. The lowest BCUT2D eigenvalue weighted by molar-refractivity contribution is -0.134. The SMILES string of the molecule is C=C[C@H](C)NC(=O)[C@H]1CCC[C@H]1C(=O)N[C@@H](C)C=C. The zero-order chi connectivity index (χ0) is 14.4. The maximum absolute atomic E-state index is 12.1. The van der Waals surface area contributed by atoms with E-state index in [2.05, 4.69) is 23.8 Å². The number of nitrogens with one attached hydrogen (secondary N) is 2. The molecule has 2 N–H and O–H groups in total. The fourth-order valence-corrected chi connectivity index (χ4v) is 2.37. The fraction of sp³-hybridized carbons (Fsp3) is 0.600. The Morgan fingerprint density at radius 1 is 1.00 bits per heavy atom. The van der Waals surface area contributed by atoms with E-state index in [-0.39, 0.29) is 35.7 Å². The van der Waals surface area contributed by atoms with E-state index < -0.39 is 0 Å². The van der Waals surface area contributed by atoms with Crippen molar-refractivity contribution in [2.75, 3.05) is 0 Å². The first-order chi connectivity index (χ1) is 8.99. The highest BCUT2D eigenvalue weighted by Crippen LogP contribution is 2.32. The Bertz CT molecular complexity index is 331. The third-order valence-electron chi connectivity index (χ3n) is 3.64. The van der Waals surface area contributed by atoms with Crippen molar-refractivity contribution in [2.24, 2.45) is 11.8 Å². The Labute approximate surface area is 115 Å². The van der Waals surface area contributed by atoms with Crippen LogP contribution in [0.4, 0.5) is 0 Å². The van der Waals surface area contributed by atoms with Crippen molar-refractivity contribution in [3.05, 3.63) is 25.3 Å². The van der Waals surface area contributed by atoms with Crippen LogP contribution in [0.1, 0.15) is 33.1 Å². The molecule has 0 aromatic heterocycles. The van der Waals surface area contributed by atoms with Crippen LogP contribution >= 0.6 is 0 Å². The van der Waals surface area contributed by atoms with E-state index >= 15 is 0 Å². The van der Waals surface area contributed by atoms with Crippen molar-refractivity contribution in [2.45, 2.75) is 45.2 Å². The Morgan fingerprint density at radius 2 is 1.37 bits per heavy atom. The predicted octanol–water partition coefficient (Wildman–Crippen LogP) is 1.78. The van der Waals surface area contributed by atoms with Gasteiger partial charge in [0.2, 0.25) is 11.8 Å². The molecule has 1 saturated carbocycles. The van der Waals surface area contributed by atoms with Crippen LogP contribution in [-0.4, -0.2) is 23.9 Å². The second-order valence-corrected chi connectivity index (χ2v) is 5.21. The Hall–Kier alpha value is -1.58. The smallest absolute Gasteiger partial charge is 0.224 e. The van der Waals surface area contributed by atoms with Crippen molar-refractivity contribution in [1.82, 2.24) is 10.6 Å². The minimum Gasteiger partial charge on any atom is -0.350 e. The maximum Gasteiger partial charge on any atom is 0.224 e. The summed E-state index contributed by atoms with van der Waals surface area (Å²) in [4.78, 5) is 24.3. The summed E-state index contributed by atoms with van der Waals surface area (Å²) in [7, 11) is 0. The van der Waals surface area contributed by atoms with Gasteiger partial charge in [-0.3, -0.25) is 9.59 Å². The zero-order valence-corrected chi connectivity index (χ0v) is 11.8. The topological polar surface area (TPSA) is 58.2 Å². The van der Waals surface area contributed by atoms with Gasteiger partial charge < -0.3 is 10.6 Å². The largest absolute Gasteiger partial charge is 0.350 e. The van der Waals surface area contributed by atoms with Gasteiger partial charge in [0.15, 0.2) is 0 Å². The van der Waals surface area contributed by atoms with Gasteiger partial charge in [-0.2, -0.15) is 0 Å². The quantitative estimate of drug-likeness (QED) is 0.719. The molecule has 106 valence electrons. The third kappa shape index (κ3) is 4.23. The van der Waals surface area contributed by atoms with Crippen LogP contribution in [0.15, 0.2) is 25.3 Å². The highest BCUT2D eigenvalue weighted by molar-refractivity contribution is 5.88. The number of amides is 2. The van der Waals surface area contributed by atoms with E-state index in [4.69, 9.17) is 0 Å². The van der Waals surface area contributed by atoms with Crippen LogP contribution in [0.5, 0.6) is 0 Å². The molecule has 2 amide bonds. The average molecular weight is 264 g/mol. The summed E-state index contributed by atoms with van der Waals surface area (Å²) in [6.07, 6.45) is 5.83. The highest BCUT2D eigenvalue weighted by Gasteiger charge is 2.37. The van der Waals surface area contributed by atoms with E-state index in [0.29, 0.717) is 0 Å². The molecule has 0 aromatic rings. The lowest BCUT2D eigenvalue weighted by Crippen LogP contribution is -2.43. The highest BCUT2D eigenvalue weighted by atomic mass is 16.2. The van der Waals surface area contributed by atoms with Crippen molar-refractivity contribution in [1.29, 1.82) is 0 Å². The lowest BCUT2D eigenvalue weighted by atomic mass is 9.93. The van der Waals surface area contributed by atoms with Gasteiger partial charge in [-0.25, -0.2) is 0 Å².